The maximum absolute atomic E-state index is 12.4. The first-order chi connectivity index (χ1) is 12.4. The molecule has 0 spiro atoms. The van der Waals surface area contributed by atoms with Crippen molar-refractivity contribution in [3.05, 3.63) is 58.1 Å². The lowest BCUT2D eigenvalue weighted by Gasteiger charge is -2.20. The lowest BCUT2D eigenvalue weighted by atomic mass is 10.1. The Balaban J connectivity index is 1.64. The molecule has 6 heteroatoms. The number of carbonyl (C=O) groups excluding carboxylic acids is 1. The van der Waals surface area contributed by atoms with Crippen LogP contribution in [0.1, 0.15) is 34.3 Å². The standard InChI is InChI=1S/C20H22ClN3OS/c1-13-5-7-16(14(2)11-13)19(25)23-20(26)22-15-6-8-18(17(21)12-15)24-9-3-4-10-24/h5-8,11-12H,3-4,9-10H2,1-2H3,(H2,22,23,25,26). The van der Waals surface area contributed by atoms with E-state index >= 15 is 0 Å². The molecule has 0 aliphatic carbocycles. The van der Waals surface area contributed by atoms with E-state index < -0.39 is 0 Å². The minimum absolute atomic E-state index is 0.222. The second-order valence-electron chi connectivity index (χ2n) is 6.59. The zero-order chi connectivity index (χ0) is 18.7. The second kappa shape index (κ2) is 8.06. The fourth-order valence-electron chi connectivity index (χ4n) is 3.20. The van der Waals surface area contributed by atoms with Gasteiger partial charge in [0.2, 0.25) is 0 Å². The second-order valence-corrected chi connectivity index (χ2v) is 7.40. The summed E-state index contributed by atoms with van der Waals surface area (Å²) in [5, 5.41) is 6.68. The number of amides is 1. The zero-order valence-corrected chi connectivity index (χ0v) is 16.5. The molecule has 1 aliphatic heterocycles. The number of thiocarbonyl (C=S) groups is 1. The molecule has 2 aromatic carbocycles. The van der Waals surface area contributed by atoms with Gasteiger partial charge < -0.3 is 10.2 Å². The number of nitrogens with zero attached hydrogens (tertiary/aromatic N) is 1. The van der Waals surface area contributed by atoms with E-state index in [-0.39, 0.29) is 11.0 Å². The van der Waals surface area contributed by atoms with Crippen LogP contribution >= 0.6 is 23.8 Å². The molecule has 1 fully saturated rings. The highest BCUT2D eigenvalue weighted by molar-refractivity contribution is 7.80. The van der Waals surface area contributed by atoms with E-state index in [1.165, 1.54) is 12.8 Å². The Bertz CT molecular complexity index is 847. The van der Waals surface area contributed by atoms with Crippen LogP contribution in [-0.2, 0) is 0 Å². The quantitative estimate of drug-likeness (QED) is 0.750. The summed E-state index contributed by atoms with van der Waals surface area (Å²) in [7, 11) is 0. The van der Waals surface area contributed by atoms with E-state index in [9.17, 15) is 4.79 Å². The van der Waals surface area contributed by atoms with Crippen molar-refractivity contribution in [2.24, 2.45) is 0 Å². The molecule has 0 unspecified atom stereocenters. The summed E-state index contributed by atoms with van der Waals surface area (Å²) in [6, 6.07) is 11.5. The van der Waals surface area contributed by atoms with Gasteiger partial charge in [-0.15, -0.1) is 0 Å². The van der Waals surface area contributed by atoms with Crippen LogP contribution in [0.15, 0.2) is 36.4 Å². The number of hydrogen-bond acceptors (Lipinski definition) is 3. The minimum atomic E-state index is -0.222. The van der Waals surface area contributed by atoms with Gasteiger partial charge in [-0.3, -0.25) is 10.1 Å². The third-order valence-electron chi connectivity index (χ3n) is 4.51. The summed E-state index contributed by atoms with van der Waals surface area (Å²) in [6.45, 7) is 5.99. The molecule has 3 rings (SSSR count). The van der Waals surface area contributed by atoms with Gasteiger partial charge in [-0.25, -0.2) is 0 Å². The van der Waals surface area contributed by atoms with Crippen molar-refractivity contribution in [2.75, 3.05) is 23.3 Å². The van der Waals surface area contributed by atoms with Gasteiger partial charge in [-0.2, -0.15) is 0 Å². The highest BCUT2D eigenvalue weighted by Gasteiger charge is 2.16. The molecule has 1 amide bonds. The predicted molar refractivity (Wildman–Crippen MR) is 113 cm³/mol. The van der Waals surface area contributed by atoms with E-state index in [2.05, 4.69) is 15.5 Å². The summed E-state index contributed by atoms with van der Waals surface area (Å²) in [5.74, 6) is -0.222. The highest BCUT2D eigenvalue weighted by atomic mass is 35.5. The number of hydrogen-bond donors (Lipinski definition) is 2. The van der Waals surface area contributed by atoms with Crippen LogP contribution in [0.3, 0.4) is 0 Å². The largest absolute Gasteiger partial charge is 0.370 e. The summed E-state index contributed by atoms with van der Waals surface area (Å²) in [4.78, 5) is 14.7. The monoisotopic (exact) mass is 387 g/mol. The topological polar surface area (TPSA) is 44.4 Å². The number of anilines is 2. The first-order valence-electron chi connectivity index (χ1n) is 8.68. The van der Waals surface area contributed by atoms with Crippen molar-refractivity contribution < 1.29 is 4.79 Å². The lowest BCUT2D eigenvalue weighted by molar-refractivity contribution is 0.0977. The predicted octanol–water partition coefficient (Wildman–Crippen LogP) is 4.68. The van der Waals surface area contributed by atoms with Gasteiger partial charge in [-0.05, 0) is 68.7 Å². The molecular formula is C20H22ClN3OS. The van der Waals surface area contributed by atoms with Crippen molar-refractivity contribution in [3.63, 3.8) is 0 Å². The summed E-state index contributed by atoms with van der Waals surface area (Å²) in [6.07, 6.45) is 2.40. The Kier molecular flexibility index (Phi) is 5.79. The van der Waals surface area contributed by atoms with Crippen molar-refractivity contribution >= 4 is 46.2 Å². The van der Waals surface area contributed by atoms with Crippen molar-refractivity contribution in [3.8, 4) is 0 Å². The van der Waals surface area contributed by atoms with Gasteiger partial charge in [-0.1, -0.05) is 29.3 Å². The first-order valence-corrected chi connectivity index (χ1v) is 9.47. The van der Waals surface area contributed by atoms with Crippen molar-refractivity contribution in [1.82, 2.24) is 5.32 Å². The Morgan fingerprint density at radius 1 is 1.12 bits per heavy atom. The Morgan fingerprint density at radius 2 is 1.85 bits per heavy atom. The van der Waals surface area contributed by atoms with Crippen LogP contribution < -0.4 is 15.5 Å². The van der Waals surface area contributed by atoms with Gasteiger partial charge in [0.05, 0.1) is 10.7 Å². The number of halogens is 1. The van der Waals surface area contributed by atoms with Crippen LogP contribution in [0.2, 0.25) is 5.02 Å². The molecule has 0 atom stereocenters. The molecule has 0 radical (unpaired) electrons. The third-order valence-corrected chi connectivity index (χ3v) is 5.01. The zero-order valence-electron chi connectivity index (χ0n) is 14.9. The summed E-state index contributed by atoms with van der Waals surface area (Å²) < 4.78 is 0. The molecular weight excluding hydrogens is 366 g/mol. The molecule has 1 aliphatic rings. The first kappa shape index (κ1) is 18.7. The molecule has 2 N–H and O–H groups in total. The van der Waals surface area contributed by atoms with E-state index in [1.807, 2.05) is 50.2 Å². The van der Waals surface area contributed by atoms with Crippen LogP contribution in [0.25, 0.3) is 0 Å². The van der Waals surface area contributed by atoms with Crippen molar-refractivity contribution in [2.45, 2.75) is 26.7 Å². The van der Waals surface area contributed by atoms with Crippen LogP contribution in [0.5, 0.6) is 0 Å². The number of aryl methyl sites for hydroxylation is 2. The van der Waals surface area contributed by atoms with E-state index in [4.69, 9.17) is 23.8 Å². The van der Waals surface area contributed by atoms with E-state index in [1.54, 1.807) is 0 Å². The number of benzene rings is 2. The van der Waals surface area contributed by atoms with Gasteiger partial charge >= 0.3 is 0 Å². The van der Waals surface area contributed by atoms with Crippen molar-refractivity contribution in [1.29, 1.82) is 0 Å². The fourth-order valence-corrected chi connectivity index (χ4v) is 3.71. The lowest BCUT2D eigenvalue weighted by Crippen LogP contribution is -2.34. The van der Waals surface area contributed by atoms with Crippen LogP contribution in [-0.4, -0.2) is 24.1 Å². The molecule has 136 valence electrons. The molecule has 26 heavy (non-hydrogen) atoms. The number of carbonyl (C=O) groups is 1. The molecule has 1 saturated heterocycles. The molecule has 1 heterocycles. The maximum Gasteiger partial charge on any atom is 0.257 e. The van der Waals surface area contributed by atoms with Gasteiger partial charge in [0.15, 0.2) is 5.11 Å². The summed E-state index contributed by atoms with van der Waals surface area (Å²) >= 11 is 11.7. The van der Waals surface area contributed by atoms with Gasteiger partial charge in [0.25, 0.3) is 5.91 Å². The molecule has 0 bridgehead atoms. The molecule has 0 saturated carbocycles. The molecule has 2 aromatic rings. The fraction of sp³-hybridized carbons (Fsp3) is 0.300. The number of nitrogens with one attached hydrogen (secondary N) is 2. The van der Waals surface area contributed by atoms with Gasteiger partial charge in [0, 0.05) is 24.3 Å². The number of rotatable bonds is 3. The average Bonchev–Trinajstić information content (AvgIpc) is 3.08. The summed E-state index contributed by atoms with van der Waals surface area (Å²) in [5.41, 5.74) is 4.45. The van der Waals surface area contributed by atoms with Crippen LogP contribution in [0.4, 0.5) is 11.4 Å². The van der Waals surface area contributed by atoms with Crippen LogP contribution in [0, 0.1) is 13.8 Å². The average molecular weight is 388 g/mol. The maximum atomic E-state index is 12.4. The molecule has 4 nitrogen and oxygen atoms in total. The minimum Gasteiger partial charge on any atom is -0.370 e. The SMILES string of the molecule is Cc1ccc(C(=O)NC(=S)Nc2ccc(N3CCCC3)c(Cl)c2)c(C)c1. The van der Waals surface area contributed by atoms with E-state index in [0.29, 0.717) is 10.6 Å². The van der Waals surface area contributed by atoms with Gasteiger partial charge in [0.1, 0.15) is 0 Å². The Morgan fingerprint density at radius 3 is 2.50 bits per heavy atom. The van der Waals surface area contributed by atoms with E-state index in [0.717, 1.165) is 35.6 Å². The highest BCUT2D eigenvalue weighted by Crippen LogP contribution is 2.31. The smallest absolute Gasteiger partial charge is 0.257 e. The Labute approximate surface area is 164 Å². The Hall–Kier alpha value is -2.11. The third kappa shape index (κ3) is 4.34. The normalized spacial score (nSPS) is 13.6. The molecule has 0 aromatic heterocycles.